The second-order valence-electron chi connectivity index (χ2n) is 3.49. The van der Waals surface area contributed by atoms with E-state index >= 15 is 0 Å². The Labute approximate surface area is 84.8 Å². The minimum Gasteiger partial charge on any atom is -0.338 e. The lowest BCUT2D eigenvalue weighted by molar-refractivity contribution is 0.303. The lowest BCUT2D eigenvalue weighted by Crippen LogP contribution is -2.30. The predicted molar refractivity (Wildman–Crippen MR) is 54.6 cm³/mol. The number of hydrogen-bond acceptors (Lipinski definition) is 3. The zero-order valence-corrected chi connectivity index (χ0v) is 8.94. The molecule has 0 amide bonds. The van der Waals surface area contributed by atoms with Crippen LogP contribution in [0.1, 0.15) is 12.7 Å². The molecule has 0 N–H and O–H groups in total. The van der Waals surface area contributed by atoms with Crippen molar-refractivity contribution >= 4 is 0 Å². The molecular formula is C10H16N4. The van der Waals surface area contributed by atoms with Gasteiger partial charge in [-0.1, -0.05) is 0 Å². The molecular weight excluding hydrogens is 176 g/mol. The summed E-state index contributed by atoms with van der Waals surface area (Å²) in [5.74, 6) is 1.06. The first-order chi connectivity index (χ1) is 6.65. The van der Waals surface area contributed by atoms with Crippen LogP contribution in [0.25, 0.3) is 0 Å². The van der Waals surface area contributed by atoms with Crippen LogP contribution in [0.3, 0.4) is 0 Å². The van der Waals surface area contributed by atoms with Gasteiger partial charge >= 0.3 is 0 Å². The Morgan fingerprint density at radius 3 is 2.93 bits per heavy atom. The molecule has 0 radical (unpaired) electrons. The summed E-state index contributed by atoms with van der Waals surface area (Å²) >= 11 is 0. The molecule has 14 heavy (non-hydrogen) atoms. The monoisotopic (exact) mass is 192 g/mol. The number of likely N-dealkylation sites (N-methyl/N-ethyl adjacent to an activating group) is 1. The predicted octanol–water partition coefficient (Wildman–Crippen LogP) is 0.806. The first-order valence-electron chi connectivity index (χ1n) is 4.71. The maximum Gasteiger partial charge on any atom is 0.109 e. The van der Waals surface area contributed by atoms with E-state index in [2.05, 4.69) is 11.1 Å². The fraction of sp³-hybridized carbons (Fsp3) is 0.600. The number of aromatic nitrogens is 2. The molecule has 0 spiro atoms. The van der Waals surface area contributed by atoms with Crippen molar-refractivity contribution in [2.24, 2.45) is 7.05 Å². The third-order valence-electron chi connectivity index (χ3n) is 2.46. The van der Waals surface area contributed by atoms with Gasteiger partial charge in [0.2, 0.25) is 0 Å². The summed E-state index contributed by atoms with van der Waals surface area (Å²) < 4.78 is 2.00. The van der Waals surface area contributed by atoms with Crippen molar-refractivity contribution in [3.8, 4) is 6.07 Å². The Morgan fingerprint density at radius 1 is 1.71 bits per heavy atom. The van der Waals surface area contributed by atoms with Gasteiger partial charge in [-0.2, -0.15) is 5.26 Å². The Kier molecular flexibility index (Phi) is 3.66. The summed E-state index contributed by atoms with van der Waals surface area (Å²) in [6.07, 6.45) is 4.61. The highest BCUT2D eigenvalue weighted by Crippen LogP contribution is 1.99. The van der Waals surface area contributed by atoms with Crippen LogP contribution in [0.2, 0.25) is 0 Å². The van der Waals surface area contributed by atoms with Crippen molar-refractivity contribution in [2.75, 3.05) is 13.6 Å². The Bertz CT molecular complexity index is 323. The molecule has 1 atom stereocenters. The summed E-state index contributed by atoms with van der Waals surface area (Å²) in [5, 5.41) is 8.70. The van der Waals surface area contributed by atoms with Gasteiger partial charge < -0.3 is 4.57 Å². The number of nitriles is 1. The first-order valence-corrected chi connectivity index (χ1v) is 4.71. The summed E-state index contributed by atoms with van der Waals surface area (Å²) in [6.45, 7) is 2.76. The van der Waals surface area contributed by atoms with Gasteiger partial charge in [-0.3, -0.25) is 4.90 Å². The van der Waals surface area contributed by atoms with Crippen LogP contribution < -0.4 is 0 Å². The van der Waals surface area contributed by atoms with E-state index in [1.807, 2.05) is 36.7 Å². The SMILES string of the molecule is CC(C#N)N(C)CCc1nccn1C. The van der Waals surface area contributed by atoms with Gasteiger partial charge in [-0.25, -0.2) is 4.98 Å². The van der Waals surface area contributed by atoms with Gasteiger partial charge in [0.1, 0.15) is 5.82 Å². The first kappa shape index (κ1) is 10.7. The fourth-order valence-electron chi connectivity index (χ4n) is 1.21. The maximum atomic E-state index is 8.70. The molecule has 76 valence electrons. The van der Waals surface area contributed by atoms with Crippen LogP contribution in [0.4, 0.5) is 0 Å². The molecule has 0 aliphatic carbocycles. The molecule has 1 unspecified atom stereocenters. The van der Waals surface area contributed by atoms with E-state index in [-0.39, 0.29) is 6.04 Å². The van der Waals surface area contributed by atoms with Crippen LogP contribution in [-0.2, 0) is 13.5 Å². The fourth-order valence-corrected chi connectivity index (χ4v) is 1.21. The number of rotatable bonds is 4. The second kappa shape index (κ2) is 4.77. The van der Waals surface area contributed by atoms with Crippen LogP contribution in [0.5, 0.6) is 0 Å². The summed E-state index contributed by atoms with van der Waals surface area (Å²) in [4.78, 5) is 6.25. The van der Waals surface area contributed by atoms with E-state index in [4.69, 9.17) is 5.26 Å². The highest BCUT2D eigenvalue weighted by atomic mass is 15.1. The van der Waals surface area contributed by atoms with Gasteiger partial charge in [0.25, 0.3) is 0 Å². The lowest BCUT2D eigenvalue weighted by Gasteiger charge is -2.18. The van der Waals surface area contributed by atoms with Crippen LogP contribution in [0, 0.1) is 11.3 Å². The molecule has 4 nitrogen and oxygen atoms in total. The smallest absolute Gasteiger partial charge is 0.109 e. The molecule has 1 rings (SSSR count). The number of aryl methyl sites for hydroxylation is 1. The van der Waals surface area contributed by atoms with Gasteiger partial charge in [0, 0.05) is 32.4 Å². The minimum absolute atomic E-state index is 0.0322. The standard InChI is InChI=1S/C10H16N4/c1-9(8-11)13(2)6-4-10-12-5-7-14(10)3/h5,7,9H,4,6H2,1-3H3. The normalized spacial score (nSPS) is 12.8. The van der Waals surface area contributed by atoms with Crippen molar-refractivity contribution in [1.29, 1.82) is 5.26 Å². The van der Waals surface area contributed by atoms with E-state index in [0.29, 0.717) is 0 Å². The third kappa shape index (κ3) is 2.57. The van der Waals surface area contributed by atoms with E-state index in [0.717, 1.165) is 18.8 Å². The van der Waals surface area contributed by atoms with Crippen molar-refractivity contribution in [1.82, 2.24) is 14.5 Å². The average Bonchev–Trinajstić information content (AvgIpc) is 2.59. The Morgan fingerprint density at radius 2 is 2.43 bits per heavy atom. The van der Waals surface area contributed by atoms with Gasteiger partial charge in [0.15, 0.2) is 0 Å². The van der Waals surface area contributed by atoms with Crippen molar-refractivity contribution in [3.63, 3.8) is 0 Å². The van der Waals surface area contributed by atoms with E-state index in [1.54, 1.807) is 6.20 Å². The quantitative estimate of drug-likeness (QED) is 0.709. The van der Waals surface area contributed by atoms with E-state index in [1.165, 1.54) is 0 Å². The van der Waals surface area contributed by atoms with Crippen LogP contribution >= 0.6 is 0 Å². The van der Waals surface area contributed by atoms with Crippen molar-refractivity contribution in [2.45, 2.75) is 19.4 Å². The molecule has 4 heteroatoms. The van der Waals surface area contributed by atoms with E-state index in [9.17, 15) is 0 Å². The largest absolute Gasteiger partial charge is 0.338 e. The summed E-state index contributed by atoms with van der Waals surface area (Å²) in [5.41, 5.74) is 0. The molecule has 0 aliphatic rings. The van der Waals surface area contributed by atoms with Gasteiger partial charge in [-0.05, 0) is 14.0 Å². The molecule has 0 saturated carbocycles. The highest BCUT2D eigenvalue weighted by Gasteiger charge is 2.08. The minimum atomic E-state index is -0.0322. The molecule has 1 heterocycles. The molecule has 1 aromatic heterocycles. The van der Waals surface area contributed by atoms with Gasteiger partial charge in [0.05, 0.1) is 12.1 Å². The molecule has 1 aromatic rings. The number of hydrogen-bond donors (Lipinski definition) is 0. The second-order valence-corrected chi connectivity index (χ2v) is 3.49. The lowest BCUT2D eigenvalue weighted by atomic mass is 10.3. The topological polar surface area (TPSA) is 44.9 Å². The summed E-state index contributed by atoms with van der Waals surface area (Å²) in [6, 6.07) is 2.18. The van der Waals surface area contributed by atoms with Crippen molar-refractivity contribution in [3.05, 3.63) is 18.2 Å². The zero-order chi connectivity index (χ0) is 10.6. The van der Waals surface area contributed by atoms with Crippen LogP contribution in [-0.4, -0.2) is 34.1 Å². The van der Waals surface area contributed by atoms with Gasteiger partial charge in [-0.15, -0.1) is 0 Å². The summed E-state index contributed by atoms with van der Waals surface area (Å²) in [7, 11) is 3.94. The zero-order valence-electron chi connectivity index (χ0n) is 8.94. The average molecular weight is 192 g/mol. The molecule has 0 aliphatic heterocycles. The molecule has 0 aromatic carbocycles. The van der Waals surface area contributed by atoms with Crippen molar-refractivity contribution < 1.29 is 0 Å². The molecule has 0 saturated heterocycles. The Hall–Kier alpha value is -1.34. The molecule has 0 fully saturated rings. The maximum absolute atomic E-state index is 8.70. The number of imidazole rings is 1. The highest BCUT2D eigenvalue weighted by molar-refractivity contribution is 4.93. The number of nitrogens with zero attached hydrogens (tertiary/aromatic N) is 4. The third-order valence-corrected chi connectivity index (χ3v) is 2.46. The van der Waals surface area contributed by atoms with E-state index < -0.39 is 0 Å². The Balaban J connectivity index is 2.42. The van der Waals surface area contributed by atoms with Crippen LogP contribution in [0.15, 0.2) is 12.4 Å². The molecule has 0 bridgehead atoms.